The number of piperidine rings is 1. The van der Waals surface area contributed by atoms with Gasteiger partial charge < -0.3 is 4.90 Å². The van der Waals surface area contributed by atoms with E-state index in [1.807, 2.05) is 15.8 Å². The molecule has 5 nitrogen and oxygen atoms in total. The number of benzene rings is 1. The molecule has 0 bridgehead atoms. The standard InChI is InChI=1S/C14H14Cl2N4O/c15-10-1-2-12(13(16)9-10)14(21)19-6-3-11(4-7-19)20-8-5-17-18-20/h1-2,5,8-9,11H,3-4,6-7H2. The Labute approximate surface area is 132 Å². The lowest BCUT2D eigenvalue weighted by Gasteiger charge is -2.32. The van der Waals surface area contributed by atoms with Crippen LogP contribution in [-0.2, 0) is 0 Å². The van der Waals surface area contributed by atoms with Crippen LogP contribution in [0.25, 0.3) is 0 Å². The van der Waals surface area contributed by atoms with E-state index in [4.69, 9.17) is 23.2 Å². The van der Waals surface area contributed by atoms with E-state index in [1.165, 1.54) is 0 Å². The average Bonchev–Trinajstić information content (AvgIpc) is 3.01. The third kappa shape index (κ3) is 3.04. The fraction of sp³-hybridized carbons (Fsp3) is 0.357. The fourth-order valence-electron chi connectivity index (χ4n) is 2.58. The summed E-state index contributed by atoms with van der Waals surface area (Å²) in [5.74, 6) is -0.0475. The van der Waals surface area contributed by atoms with Crippen LogP contribution in [0.15, 0.2) is 30.6 Å². The maximum absolute atomic E-state index is 12.5. The number of aromatic nitrogens is 3. The van der Waals surface area contributed by atoms with Crippen LogP contribution in [0, 0.1) is 0 Å². The first kappa shape index (κ1) is 14.4. The summed E-state index contributed by atoms with van der Waals surface area (Å²) in [5.41, 5.74) is 0.500. The number of rotatable bonds is 2. The Morgan fingerprint density at radius 3 is 2.62 bits per heavy atom. The van der Waals surface area contributed by atoms with Crippen molar-refractivity contribution in [2.45, 2.75) is 18.9 Å². The van der Waals surface area contributed by atoms with E-state index in [1.54, 1.807) is 24.4 Å². The van der Waals surface area contributed by atoms with Gasteiger partial charge in [-0.05, 0) is 31.0 Å². The maximum Gasteiger partial charge on any atom is 0.255 e. The molecular weight excluding hydrogens is 311 g/mol. The van der Waals surface area contributed by atoms with Crippen molar-refractivity contribution in [1.82, 2.24) is 19.9 Å². The lowest BCUT2D eigenvalue weighted by Crippen LogP contribution is -2.39. The Hall–Kier alpha value is -1.59. The molecule has 110 valence electrons. The molecule has 1 aliphatic heterocycles. The van der Waals surface area contributed by atoms with E-state index in [9.17, 15) is 4.79 Å². The van der Waals surface area contributed by atoms with Gasteiger partial charge in [-0.3, -0.25) is 4.79 Å². The number of nitrogens with zero attached hydrogens (tertiary/aromatic N) is 4. The molecule has 1 aromatic heterocycles. The highest BCUT2D eigenvalue weighted by Gasteiger charge is 2.26. The minimum absolute atomic E-state index is 0.0475. The molecule has 1 aliphatic rings. The van der Waals surface area contributed by atoms with E-state index in [-0.39, 0.29) is 5.91 Å². The van der Waals surface area contributed by atoms with Gasteiger partial charge in [-0.1, -0.05) is 28.4 Å². The molecule has 1 amide bonds. The van der Waals surface area contributed by atoms with E-state index >= 15 is 0 Å². The lowest BCUT2D eigenvalue weighted by molar-refractivity contribution is 0.0689. The summed E-state index contributed by atoms with van der Waals surface area (Å²) < 4.78 is 1.86. The lowest BCUT2D eigenvalue weighted by atomic mass is 10.0. The highest BCUT2D eigenvalue weighted by atomic mass is 35.5. The van der Waals surface area contributed by atoms with Crippen LogP contribution < -0.4 is 0 Å². The van der Waals surface area contributed by atoms with E-state index in [2.05, 4.69) is 10.3 Å². The average molecular weight is 325 g/mol. The topological polar surface area (TPSA) is 51.0 Å². The normalized spacial score (nSPS) is 16.2. The number of carbonyl (C=O) groups is 1. The number of carbonyl (C=O) groups excluding carboxylic acids is 1. The zero-order valence-electron chi connectivity index (χ0n) is 11.2. The van der Waals surface area contributed by atoms with Gasteiger partial charge in [0.25, 0.3) is 5.91 Å². The van der Waals surface area contributed by atoms with Gasteiger partial charge in [0.1, 0.15) is 0 Å². The molecule has 0 unspecified atom stereocenters. The second kappa shape index (κ2) is 6.03. The Kier molecular flexibility index (Phi) is 4.12. The largest absolute Gasteiger partial charge is 0.338 e. The van der Waals surface area contributed by atoms with Gasteiger partial charge in [-0.2, -0.15) is 0 Å². The first-order chi connectivity index (χ1) is 10.1. The highest BCUT2D eigenvalue weighted by Crippen LogP contribution is 2.26. The minimum Gasteiger partial charge on any atom is -0.338 e. The van der Waals surface area contributed by atoms with Crippen LogP contribution >= 0.6 is 23.2 Å². The van der Waals surface area contributed by atoms with E-state index in [0.29, 0.717) is 34.7 Å². The van der Waals surface area contributed by atoms with Crippen LogP contribution in [0.3, 0.4) is 0 Å². The molecule has 0 N–H and O–H groups in total. The quantitative estimate of drug-likeness (QED) is 0.853. The first-order valence-corrected chi connectivity index (χ1v) is 7.51. The van der Waals surface area contributed by atoms with E-state index in [0.717, 1.165) is 12.8 Å². The molecule has 3 rings (SSSR count). The van der Waals surface area contributed by atoms with Crippen LogP contribution in [-0.4, -0.2) is 38.9 Å². The summed E-state index contributed by atoms with van der Waals surface area (Å²) in [6.07, 6.45) is 5.25. The fourth-order valence-corrected chi connectivity index (χ4v) is 3.07. The van der Waals surface area contributed by atoms with Crippen molar-refractivity contribution in [3.05, 3.63) is 46.2 Å². The van der Waals surface area contributed by atoms with Crippen LogP contribution in [0.2, 0.25) is 10.0 Å². The molecule has 0 spiro atoms. The first-order valence-electron chi connectivity index (χ1n) is 6.75. The second-order valence-corrected chi connectivity index (χ2v) is 5.87. The zero-order valence-corrected chi connectivity index (χ0v) is 12.8. The molecule has 7 heteroatoms. The van der Waals surface area contributed by atoms with Crippen molar-refractivity contribution < 1.29 is 4.79 Å². The molecule has 0 atom stereocenters. The highest BCUT2D eigenvalue weighted by molar-refractivity contribution is 6.36. The van der Waals surface area contributed by atoms with Gasteiger partial charge in [0.15, 0.2) is 0 Å². The Balaban J connectivity index is 1.67. The number of hydrogen-bond acceptors (Lipinski definition) is 3. The molecule has 0 saturated carbocycles. The molecule has 1 saturated heterocycles. The smallest absolute Gasteiger partial charge is 0.255 e. The molecule has 2 heterocycles. The zero-order chi connectivity index (χ0) is 14.8. The van der Waals surface area contributed by atoms with Crippen molar-refractivity contribution in [1.29, 1.82) is 0 Å². The van der Waals surface area contributed by atoms with Gasteiger partial charge in [0, 0.05) is 24.3 Å². The Bertz CT molecular complexity index is 636. The molecule has 1 fully saturated rings. The molecule has 0 aliphatic carbocycles. The predicted octanol–water partition coefficient (Wildman–Crippen LogP) is 3.06. The summed E-state index contributed by atoms with van der Waals surface area (Å²) in [6.45, 7) is 1.37. The monoisotopic (exact) mass is 324 g/mol. The van der Waals surface area contributed by atoms with Crippen molar-refractivity contribution in [3.8, 4) is 0 Å². The molecule has 0 radical (unpaired) electrons. The van der Waals surface area contributed by atoms with Crippen molar-refractivity contribution in [3.63, 3.8) is 0 Å². The van der Waals surface area contributed by atoms with Crippen molar-refractivity contribution >= 4 is 29.1 Å². The maximum atomic E-state index is 12.5. The Morgan fingerprint density at radius 2 is 2.00 bits per heavy atom. The number of halogens is 2. The van der Waals surface area contributed by atoms with Crippen LogP contribution in [0.5, 0.6) is 0 Å². The Morgan fingerprint density at radius 1 is 1.24 bits per heavy atom. The molecule has 2 aromatic rings. The third-order valence-electron chi connectivity index (χ3n) is 3.73. The van der Waals surface area contributed by atoms with Crippen LogP contribution in [0.1, 0.15) is 29.2 Å². The summed E-state index contributed by atoms with van der Waals surface area (Å²) in [7, 11) is 0. The third-order valence-corrected chi connectivity index (χ3v) is 4.28. The summed E-state index contributed by atoms with van der Waals surface area (Å²) in [4.78, 5) is 14.3. The summed E-state index contributed by atoms with van der Waals surface area (Å²) in [6, 6.07) is 5.26. The van der Waals surface area contributed by atoms with Gasteiger partial charge in [-0.25, -0.2) is 4.68 Å². The summed E-state index contributed by atoms with van der Waals surface area (Å²) in [5, 5.41) is 8.76. The number of likely N-dealkylation sites (tertiary alicyclic amines) is 1. The van der Waals surface area contributed by atoms with Gasteiger partial charge in [0.05, 0.1) is 22.8 Å². The van der Waals surface area contributed by atoms with E-state index < -0.39 is 0 Å². The molecular formula is C14H14Cl2N4O. The number of amides is 1. The van der Waals surface area contributed by atoms with Gasteiger partial charge in [-0.15, -0.1) is 5.10 Å². The van der Waals surface area contributed by atoms with Crippen LogP contribution in [0.4, 0.5) is 0 Å². The number of hydrogen-bond donors (Lipinski definition) is 0. The SMILES string of the molecule is O=C(c1ccc(Cl)cc1Cl)N1CCC(n2ccnn2)CC1. The molecule has 1 aromatic carbocycles. The predicted molar refractivity (Wildman–Crippen MR) is 80.7 cm³/mol. The minimum atomic E-state index is -0.0475. The second-order valence-electron chi connectivity index (χ2n) is 5.03. The van der Waals surface area contributed by atoms with Crippen molar-refractivity contribution in [2.24, 2.45) is 0 Å². The van der Waals surface area contributed by atoms with Crippen molar-refractivity contribution in [2.75, 3.05) is 13.1 Å². The van der Waals surface area contributed by atoms with Gasteiger partial charge in [0.2, 0.25) is 0 Å². The molecule has 21 heavy (non-hydrogen) atoms. The van der Waals surface area contributed by atoms with Gasteiger partial charge >= 0.3 is 0 Å². The summed E-state index contributed by atoms with van der Waals surface area (Å²) >= 11 is 12.0.